The van der Waals surface area contributed by atoms with Crippen molar-refractivity contribution in [2.75, 3.05) is 6.54 Å². The van der Waals surface area contributed by atoms with E-state index in [1.807, 2.05) is 6.92 Å². The quantitative estimate of drug-likeness (QED) is 0.801. The Labute approximate surface area is 105 Å². The van der Waals surface area contributed by atoms with Crippen LogP contribution in [-0.4, -0.2) is 29.4 Å². The lowest BCUT2D eigenvalue weighted by Gasteiger charge is -2.39. The Morgan fingerprint density at radius 1 is 1.41 bits per heavy atom. The van der Waals surface area contributed by atoms with Gasteiger partial charge in [-0.25, -0.2) is 0 Å². The van der Waals surface area contributed by atoms with Gasteiger partial charge in [-0.1, -0.05) is 27.7 Å². The van der Waals surface area contributed by atoms with Crippen LogP contribution in [0, 0.1) is 10.8 Å². The second-order valence-corrected chi connectivity index (χ2v) is 7.19. The van der Waals surface area contributed by atoms with Crippen LogP contribution in [0.5, 0.6) is 0 Å². The molecular formula is C14H26N2O. The molecule has 2 N–H and O–H groups in total. The van der Waals surface area contributed by atoms with E-state index in [0.29, 0.717) is 16.9 Å². The third-order valence-electron chi connectivity index (χ3n) is 4.45. The van der Waals surface area contributed by atoms with Crippen molar-refractivity contribution >= 4 is 5.91 Å². The van der Waals surface area contributed by atoms with E-state index in [2.05, 4.69) is 25.7 Å². The van der Waals surface area contributed by atoms with E-state index in [4.69, 9.17) is 5.73 Å². The highest BCUT2D eigenvalue weighted by Gasteiger charge is 2.51. The van der Waals surface area contributed by atoms with Gasteiger partial charge in [0.2, 0.25) is 5.91 Å². The maximum atomic E-state index is 12.3. The number of fused-ring (bicyclic) bond motifs is 2. The molecule has 98 valence electrons. The summed E-state index contributed by atoms with van der Waals surface area (Å²) in [6.07, 6.45) is 4.26. The van der Waals surface area contributed by atoms with Gasteiger partial charge in [-0.2, -0.15) is 0 Å². The van der Waals surface area contributed by atoms with Crippen molar-refractivity contribution < 1.29 is 4.79 Å². The molecule has 0 spiro atoms. The molecular weight excluding hydrogens is 212 g/mol. The van der Waals surface area contributed by atoms with Gasteiger partial charge in [0.1, 0.15) is 0 Å². The summed E-state index contributed by atoms with van der Waals surface area (Å²) in [4.78, 5) is 14.3. The molecule has 2 bridgehead atoms. The Morgan fingerprint density at radius 3 is 2.65 bits per heavy atom. The van der Waals surface area contributed by atoms with Crippen LogP contribution in [0.25, 0.3) is 0 Å². The maximum Gasteiger partial charge on any atom is 0.239 e. The molecule has 0 radical (unpaired) electrons. The van der Waals surface area contributed by atoms with Gasteiger partial charge >= 0.3 is 0 Å². The largest absolute Gasteiger partial charge is 0.338 e. The molecule has 0 aromatic heterocycles. The molecule has 2 rings (SSSR count). The Morgan fingerprint density at radius 2 is 2.06 bits per heavy atom. The lowest BCUT2D eigenvalue weighted by molar-refractivity contribution is -0.133. The van der Waals surface area contributed by atoms with Crippen molar-refractivity contribution in [1.29, 1.82) is 0 Å². The van der Waals surface area contributed by atoms with E-state index in [1.165, 1.54) is 12.8 Å². The third-order valence-corrected chi connectivity index (χ3v) is 4.45. The molecule has 3 atom stereocenters. The van der Waals surface area contributed by atoms with E-state index in [0.717, 1.165) is 19.4 Å². The number of amides is 1. The fourth-order valence-corrected chi connectivity index (χ4v) is 4.11. The monoisotopic (exact) mass is 238 g/mol. The second-order valence-electron chi connectivity index (χ2n) is 7.19. The minimum Gasteiger partial charge on any atom is -0.338 e. The van der Waals surface area contributed by atoms with E-state index in [1.54, 1.807) is 0 Å². The Hall–Kier alpha value is -0.570. The minimum absolute atomic E-state index is 0.166. The highest BCUT2D eigenvalue weighted by molar-refractivity contribution is 5.82. The van der Waals surface area contributed by atoms with Crippen LogP contribution < -0.4 is 5.73 Å². The molecule has 17 heavy (non-hydrogen) atoms. The average Bonchev–Trinajstić information content (AvgIpc) is 2.45. The summed E-state index contributed by atoms with van der Waals surface area (Å²) in [6.45, 7) is 9.87. The summed E-state index contributed by atoms with van der Waals surface area (Å²) in [6, 6.07) is 0.120. The highest BCUT2D eigenvalue weighted by atomic mass is 16.2. The van der Waals surface area contributed by atoms with Crippen molar-refractivity contribution in [2.24, 2.45) is 16.6 Å². The number of carbonyl (C=O) groups is 1. The van der Waals surface area contributed by atoms with Crippen LogP contribution in [0.2, 0.25) is 0 Å². The Kier molecular flexibility index (Phi) is 3.01. The van der Waals surface area contributed by atoms with Crippen LogP contribution in [-0.2, 0) is 4.79 Å². The molecule has 1 aliphatic carbocycles. The summed E-state index contributed by atoms with van der Waals surface area (Å²) in [5, 5.41) is 0. The first-order valence-corrected chi connectivity index (χ1v) is 6.82. The predicted octanol–water partition coefficient (Wildman–Crippen LogP) is 2.15. The molecule has 3 nitrogen and oxygen atoms in total. The Balaban J connectivity index is 2.16. The standard InChI is InChI=1S/C14H26N2O/c1-5-11(15)12(17)16-9-14(4)7-10(16)6-13(2,3)8-14/h10-11H,5-9,15H2,1-4H3/t10?,11-,14?/m0/s1. The van der Waals surface area contributed by atoms with Gasteiger partial charge in [0.25, 0.3) is 0 Å². The normalized spacial score (nSPS) is 37.0. The van der Waals surface area contributed by atoms with E-state index >= 15 is 0 Å². The van der Waals surface area contributed by atoms with E-state index in [9.17, 15) is 4.79 Å². The van der Waals surface area contributed by atoms with Crippen LogP contribution >= 0.6 is 0 Å². The molecule has 2 unspecified atom stereocenters. The van der Waals surface area contributed by atoms with Crippen LogP contribution in [0.1, 0.15) is 53.4 Å². The first kappa shape index (κ1) is 12.9. The SMILES string of the molecule is CC[C@H](N)C(=O)N1CC2(C)CC1CC(C)(C)C2. The third kappa shape index (κ3) is 2.35. The lowest BCUT2D eigenvalue weighted by atomic mass is 9.65. The number of carbonyl (C=O) groups excluding carboxylic acids is 1. The van der Waals surface area contributed by atoms with Crippen LogP contribution in [0.3, 0.4) is 0 Å². The second kappa shape index (κ2) is 3.98. The van der Waals surface area contributed by atoms with Gasteiger partial charge in [0.15, 0.2) is 0 Å². The van der Waals surface area contributed by atoms with Gasteiger partial charge in [-0.15, -0.1) is 0 Å². The van der Waals surface area contributed by atoms with Gasteiger partial charge < -0.3 is 10.6 Å². The zero-order valence-electron chi connectivity index (χ0n) is 11.6. The summed E-state index contributed by atoms with van der Waals surface area (Å²) < 4.78 is 0. The molecule has 1 saturated heterocycles. The molecule has 1 heterocycles. The van der Waals surface area contributed by atoms with Crippen molar-refractivity contribution in [3.05, 3.63) is 0 Å². The number of rotatable bonds is 2. The Bertz CT molecular complexity index is 326. The van der Waals surface area contributed by atoms with Crippen molar-refractivity contribution in [1.82, 2.24) is 4.90 Å². The zero-order chi connectivity index (χ0) is 12.8. The number of nitrogens with two attached hydrogens (primary N) is 1. The maximum absolute atomic E-state index is 12.3. The van der Waals surface area contributed by atoms with Crippen LogP contribution in [0.15, 0.2) is 0 Å². The molecule has 2 aliphatic rings. The van der Waals surface area contributed by atoms with Gasteiger partial charge in [-0.05, 0) is 36.5 Å². The zero-order valence-corrected chi connectivity index (χ0v) is 11.6. The summed E-state index contributed by atoms with van der Waals surface area (Å²) in [7, 11) is 0. The number of hydrogen-bond acceptors (Lipinski definition) is 2. The van der Waals surface area contributed by atoms with E-state index < -0.39 is 0 Å². The van der Waals surface area contributed by atoms with Gasteiger partial charge in [0, 0.05) is 12.6 Å². The topological polar surface area (TPSA) is 46.3 Å². The molecule has 1 saturated carbocycles. The number of likely N-dealkylation sites (tertiary alicyclic amines) is 1. The molecule has 2 fully saturated rings. The lowest BCUT2D eigenvalue weighted by Crippen LogP contribution is -2.46. The minimum atomic E-state index is -0.305. The highest BCUT2D eigenvalue weighted by Crippen LogP contribution is 2.52. The molecule has 1 aliphatic heterocycles. The summed E-state index contributed by atoms with van der Waals surface area (Å²) in [5.41, 5.74) is 6.58. The van der Waals surface area contributed by atoms with Crippen molar-refractivity contribution in [3.63, 3.8) is 0 Å². The van der Waals surface area contributed by atoms with Crippen LogP contribution in [0.4, 0.5) is 0 Å². The molecule has 1 amide bonds. The first-order chi connectivity index (χ1) is 7.76. The molecule has 3 heteroatoms. The molecule has 0 aromatic carbocycles. The van der Waals surface area contributed by atoms with Crippen molar-refractivity contribution in [2.45, 2.75) is 65.5 Å². The average molecular weight is 238 g/mol. The van der Waals surface area contributed by atoms with E-state index in [-0.39, 0.29) is 11.9 Å². The fourth-order valence-electron chi connectivity index (χ4n) is 4.11. The number of nitrogens with zero attached hydrogens (tertiary/aromatic N) is 1. The predicted molar refractivity (Wildman–Crippen MR) is 69.5 cm³/mol. The van der Waals surface area contributed by atoms with Gasteiger partial charge in [0.05, 0.1) is 6.04 Å². The van der Waals surface area contributed by atoms with Crippen molar-refractivity contribution in [3.8, 4) is 0 Å². The number of hydrogen-bond donors (Lipinski definition) is 1. The summed E-state index contributed by atoms with van der Waals surface area (Å²) >= 11 is 0. The molecule has 0 aromatic rings. The smallest absolute Gasteiger partial charge is 0.239 e. The first-order valence-electron chi connectivity index (χ1n) is 6.82. The summed E-state index contributed by atoms with van der Waals surface area (Å²) in [5.74, 6) is 0.166. The fraction of sp³-hybridized carbons (Fsp3) is 0.929. The van der Waals surface area contributed by atoms with Gasteiger partial charge in [-0.3, -0.25) is 4.79 Å².